The van der Waals surface area contributed by atoms with Gasteiger partial charge in [-0.25, -0.2) is 10.4 Å². The van der Waals surface area contributed by atoms with Gasteiger partial charge in [-0.1, -0.05) is 42.0 Å². The Kier molecular flexibility index (Phi) is 7.86. The van der Waals surface area contributed by atoms with Crippen LogP contribution < -0.4 is 20.6 Å². The maximum atomic E-state index is 12.3. The lowest BCUT2D eigenvalue weighted by molar-refractivity contribution is 0.0958. The van der Waals surface area contributed by atoms with Crippen molar-refractivity contribution in [3.05, 3.63) is 69.2 Å². The van der Waals surface area contributed by atoms with E-state index in [9.17, 15) is 4.79 Å². The number of benzene rings is 2. The molecule has 0 aliphatic carbocycles. The minimum absolute atomic E-state index is 0.339. The molecule has 0 aliphatic heterocycles. The summed E-state index contributed by atoms with van der Waals surface area (Å²) in [6.45, 7) is 4.66. The molecule has 0 spiro atoms. The third-order valence-electron chi connectivity index (χ3n) is 4.19. The van der Waals surface area contributed by atoms with Gasteiger partial charge in [0.25, 0.3) is 5.91 Å². The van der Waals surface area contributed by atoms with Gasteiger partial charge < -0.3 is 15.2 Å². The number of carbonyl (C=O) groups is 1. The van der Waals surface area contributed by atoms with E-state index in [-0.39, 0.29) is 5.91 Å². The van der Waals surface area contributed by atoms with Crippen LogP contribution in [0, 0.1) is 0 Å². The zero-order valence-corrected chi connectivity index (χ0v) is 18.8. The molecule has 0 aliphatic rings. The minimum atomic E-state index is -0.339. The quantitative estimate of drug-likeness (QED) is 0.358. The average Bonchev–Trinajstić information content (AvgIpc) is 3.14. The van der Waals surface area contributed by atoms with Crippen LogP contribution >= 0.6 is 22.9 Å². The maximum Gasteiger partial charge on any atom is 0.283 e. The van der Waals surface area contributed by atoms with Gasteiger partial charge in [0.05, 0.1) is 18.5 Å². The number of anilines is 1. The second-order valence-electron chi connectivity index (χ2n) is 6.44. The Morgan fingerprint density at radius 1 is 1.23 bits per heavy atom. The fraction of sp³-hybridized carbons (Fsp3) is 0.227. The fourth-order valence-electron chi connectivity index (χ4n) is 2.78. The standard InChI is InChI=1S/C22H23ClN4O3S/c1-3-17-20(31-22(24)26-17)21(28)27-25-12-14-8-9-18(19(11-14)29-4-2)30-13-15-6-5-7-16(23)10-15/h5-12H,3-4,13H2,1-2H3,(H2,24,26)(H,27,28)/b25-12-. The van der Waals surface area contributed by atoms with E-state index in [0.29, 0.717) is 51.9 Å². The van der Waals surface area contributed by atoms with Crippen molar-refractivity contribution in [2.75, 3.05) is 12.3 Å². The van der Waals surface area contributed by atoms with Crippen molar-refractivity contribution in [2.24, 2.45) is 5.10 Å². The summed E-state index contributed by atoms with van der Waals surface area (Å²) in [5.41, 5.74) is 10.6. The van der Waals surface area contributed by atoms with E-state index < -0.39 is 0 Å². The molecule has 162 valence electrons. The summed E-state index contributed by atoms with van der Waals surface area (Å²) in [7, 11) is 0. The monoisotopic (exact) mass is 458 g/mol. The van der Waals surface area contributed by atoms with Crippen molar-refractivity contribution >= 4 is 40.2 Å². The number of carbonyl (C=O) groups excluding carboxylic acids is 1. The van der Waals surface area contributed by atoms with Crippen LogP contribution in [0.15, 0.2) is 47.6 Å². The van der Waals surface area contributed by atoms with Crippen LogP contribution in [0.3, 0.4) is 0 Å². The van der Waals surface area contributed by atoms with Crippen molar-refractivity contribution in [2.45, 2.75) is 26.9 Å². The summed E-state index contributed by atoms with van der Waals surface area (Å²) in [5, 5.41) is 5.06. The summed E-state index contributed by atoms with van der Waals surface area (Å²) in [5.74, 6) is 0.854. The molecule has 2 aromatic carbocycles. The van der Waals surface area contributed by atoms with Crippen LogP contribution in [0.25, 0.3) is 0 Å². The number of hydrogen-bond donors (Lipinski definition) is 2. The first-order chi connectivity index (χ1) is 15.0. The van der Waals surface area contributed by atoms with Crippen LogP contribution in [0.5, 0.6) is 11.5 Å². The zero-order valence-electron chi connectivity index (χ0n) is 17.2. The Hall–Kier alpha value is -3.10. The molecule has 1 aromatic heterocycles. The van der Waals surface area contributed by atoms with Crippen LogP contribution in [0.4, 0.5) is 5.13 Å². The van der Waals surface area contributed by atoms with Crippen LogP contribution in [0.1, 0.15) is 40.3 Å². The number of rotatable bonds is 9. The molecular weight excluding hydrogens is 436 g/mol. The lowest BCUT2D eigenvalue weighted by Gasteiger charge is -2.12. The third kappa shape index (κ3) is 6.19. The van der Waals surface area contributed by atoms with Gasteiger partial charge in [-0.05, 0) is 54.8 Å². The van der Waals surface area contributed by atoms with Gasteiger partial charge in [-0.2, -0.15) is 5.10 Å². The molecule has 7 nitrogen and oxygen atoms in total. The summed E-state index contributed by atoms with van der Waals surface area (Å²) in [6, 6.07) is 12.9. The highest BCUT2D eigenvalue weighted by Gasteiger charge is 2.15. The summed E-state index contributed by atoms with van der Waals surface area (Å²) < 4.78 is 11.6. The average molecular weight is 459 g/mol. The van der Waals surface area contributed by atoms with E-state index >= 15 is 0 Å². The second-order valence-corrected chi connectivity index (χ2v) is 7.91. The van der Waals surface area contributed by atoms with Crippen molar-refractivity contribution < 1.29 is 14.3 Å². The first-order valence-corrected chi connectivity index (χ1v) is 10.9. The Morgan fingerprint density at radius 3 is 2.81 bits per heavy atom. The van der Waals surface area contributed by atoms with Crippen LogP contribution in [-0.4, -0.2) is 23.7 Å². The smallest absolute Gasteiger partial charge is 0.283 e. The molecule has 0 radical (unpaired) electrons. The molecule has 3 N–H and O–H groups in total. The number of aryl methyl sites for hydroxylation is 1. The molecule has 31 heavy (non-hydrogen) atoms. The van der Waals surface area contributed by atoms with E-state index in [2.05, 4.69) is 15.5 Å². The largest absolute Gasteiger partial charge is 0.490 e. The van der Waals surface area contributed by atoms with Crippen molar-refractivity contribution in [3.63, 3.8) is 0 Å². The lowest BCUT2D eigenvalue weighted by Crippen LogP contribution is -2.17. The minimum Gasteiger partial charge on any atom is -0.490 e. The first-order valence-electron chi connectivity index (χ1n) is 9.72. The van der Waals surface area contributed by atoms with Crippen LogP contribution in [-0.2, 0) is 13.0 Å². The normalized spacial score (nSPS) is 10.9. The van der Waals surface area contributed by atoms with Crippen molar-refractivity contribution in [1.82, 2.24) is 10.4 Å². The van der Waals surface area contributed by atoms with Crippen molar-refractivity contribution in [1.29, 1.82) is 0 Å². The molecule has 0 atom stereocenters. The number of hydrazone groups is 1. The highest BCUT2D eigenvalue weighted by Crippen LogP contribution is 2.29. The maximum absolute atomic E-state index is 12.3. The number of nitrogens with zero attached hydrogens (tertiary/aromatic N) is 2. The SMILES string of the molecule is CCOc1cc(/C=N\NC(=O)c2sc(N)nc2CC)ccc1OCc1cccc(Cl)c1. The number of aromatic nitrogens is 1. The number of nitrogens with two attached hydrogens (primary N) is 1. The molecule has 0 saturated carbocycles. The molecule has 3 aromatic rings. The van der Waals surface area contributed by atoms with Gasteiger partial charge in [0.15, 0.2) is 16.6 Å². The van der Waals surface area contributed by atoms with Gasteiger partial charge in [-0.3, -0.25) is 4.79 Å². The summed E-state index contributed by atoms with van der Waals surface area (Å²) >= 11 is 7.17. The van der Waals surface area contributed by atoms with Gasteiger partial charge in [0.1, 0.15) is 11.5 Å². The van der Waals surface area contributed by atoms with E-state index in [0.717, 1.165) is 22.5 Å². The zero-order chi connectivity index (χ0) is 22.2. The molecule has 1 heterocycles. The van der Waals surface area contributed by atoms with E-state index in [1.54, 1.807) is 12.1 Å². The number of amides is 1. The van der Waals surface area contributed by atoms with Crippen LogP contribution in [0.2, 0.25) is 5.02 Å². The first kappa shape index (κ1) is 22.6. The van der Waals surface area contributed by atoms with Gasteiger partial charge in [-0.15, -0.1) is 0 Å². The van der Waals surface area contributed by atoms with Gasteiger partial charge in [0, 0.05) is 5.02 Å². The van der Waals surface area contributed by atoms with Crippen molar-refractivity contribution in [3.8, 4) is 11.5 Å². The van der Waals surface area contributed by atoms with E-state index in [1.807, 2.05) is 44.2 Å². The van der Waals surface area contributed by atoms with Gasteiger partial charge >= 0.3 is 0 Å². The predicted octanol–water partition coefficient (Wildman–Crippen LogP) is 4.68. The number of thiazole rings is 1. The Bertz CT molecular complexity index is 1080. The van der Waals surface area contributed by atoms with E-state index in [4.69, 9.17) is 26.8 Å². The molecular formula is C22H23ClN4O3S. The fourth-order valence-corrected chi connectivity index (χ4v) is 3.81. The number of ether oxygens (including phenoxy) is 2. The van der Waals surface area contributed by atoms with E-state index in [1.165, 1.54) is 6.21 Å². The number of nitrogens with one attached hydrogen (secondary N) is 1. The predicted molar refractivity (Wildman–Crippen MR) is 124 cm³/mol. The molecule has 3 rings (SSSR count). The molecule has 0 fully saturated rings. The molecule has 0 bridgehead atoms. The summed E-state index contributed by atoms with van der Waals surface area (Å²) in [4.78, 5) is 16.9. The molecule has 0 unspecified atom stereocenters. The Morgan fingerprint density at radius 2 is 2.06 bits per heavy atom. The molecule has 1 amide bonds. The Balaban J connectivity index is 1.67. The number of hydrogen-bond acceptors (Lipinski definition) is 7. The van der Waals surface area contributed by atoms with Gasteiger partial charge in [0.2, 0.25) is 0 Å². The number of nitrogen functional groups attached to an aromatic ring is 1. The molecule has 9 heteroatoms. The second kappa shape index (κ2) is 10.8. The number of halogens is 1. The highest BCUT2D eigenvalue weighted by molar-refractivity contribution is 7.17. The lowest BCUT2D eigenvalue weighted by atomic mass is 10.2. The third-order valence-corrected chi connectivity index (χ3v) is 5.35. The highest BCUT2D eigenvalue weighted by atomic mass is 35.5. The summed E-state index contributed by atoms with van der Waals surface area (Å²) in [6.07, 6.45) is 2.16. The Labute approximate surface area is 189 Å². The topological polar surface area (TPSA) is 98.8 Å². The molecule has 0 saturated heterocycles.